The maximum Gasteiger partial charge on any atom is 0.0555 e. The number of hydrogen-bond acceptors (Lipinski definition) is 0. The van der Waals surface area contributed by atoms with Gasteiger partial charge >= 0.3 is 0 Å². The second kappa shape index (κ2) is 8.62. The Balaban J connectivity index is 1.45. The van der Waals surface area contributed by atoms with Gasteiger partial charge in [0.05, 0.1) is 27.8 Å². The number of hydrogen-bond donors (Lipinski definition) is 0. The number of fused-ring (bicyclic) bond motifs is 6. The van der Waals surface area contributed by atoms with Crippen LogP contribution in [0.5, 0.6) is 0 Å². The summed E-state index contributed by atoms with van der Waals surface area (Å²) in [6.07, 6.45) is 0. The molecule has 0 fully saturated rings. The summed E-state index contributed by atoms with van der Waals surface area (Å²) < 4.78 is 4.74. The number of para-hydroxylation sites is 3. The fourth-order valence-electron chi connectivity index (χ4n) is 6.11. The molecule has 184 valence electrons. The molecule has 0 aliphatic carbocycles. The van der Waals surface area contributed by atoms with Gasteiger partial charge in [0.2, 0.25) is 0 Å². The normalized spacial score (nSPS) is 11.7. The summed E-state index contributed by atoms with van der Waals surface area (Å²) in [4.78, 5) is 0. The van der Waals surface area contributed by atoms with Crippen LogP contribution in [-0.2, 0) is 0 Å². The van der Waals surface area contributed by atoms with Gasteiger partial charge in [0.1, 0.15) is 0 Å². The van der Waals surface area contributed by atoms with E-state index in [1.54, 1.807) is 0 Å². The van der Waals surface area contributed by atoms with E-state index in [0.29, 0.717) is 0 Å². The van der Waals surface area contributed by atoms with Gasteiger partial charge in [-0.1, -0.05) is 103 Å². The topological polar surface area (TPSA) is 9.86 Å². The highest BCUT2D eigenvalue weighted by Crippen LogP contribution is 2.39. The highest BCUT2D eigenvalue weighted by molar-refractivity contribution is 6.31. The van der Waals surface area contributed by atoms with Gasteiger partial charge in [0, 0.05) is 37.8 Å². The van der Waals surface area contributed by atoms with Crippen LogP contribution in [0.25, 0.3) is 66.1 Å². The van der Waals surface area contributed by atoms with Gasteiger partial charge in [0.25, 0.3) is 0 Å². The molecule has 39 heavy (non-hydrogen) atoms. The lowest BCUT2D eigenvalue weighted by Gasteiger charge is -2.15. The van der Waals surface area contributed by atoms with Crippen molar-refractivity contribution >= 4 is 55.2 Å². The monoisotopic (exact) mass is 518 g/mol. The Hall–Kier alpha value is -4.79. The zero-order valence-corrected chi connectivity index (χ0v) is 21.8. The Labute approximate surface area is 230 Å². The molecule has 2 heterocycles. The van der Waals surface area contributed by atoms with Gasteiger partial charge in [0.15, 0.2) is 0 Å². The molecule has 6 aromatic carbocycles. The Bertz CT molecular complexity index is 2130. The van der Waals surface area contributed by atoms with E-state index >= 15 is 0 Å². The summed E-state index contributed by atoms with van der Waals surface area (Å²) >= 11 is 6.61. The first-order valence-electron chi connectivity index (χ1n) is 13.1. The van der Waals surface area contributed by atoms with Crippen LogP contribution in [0, 0.1) is 0 Å². The molecule has 8 aromatic rings. The summed E-state index contributed by atoms with van der Waals surface area (Å²) in [5.41, 5.74) is 9.27. The second-order valence-corrected chi connectivity index (χ2v) is 10.4. The number of rotatable bonds is 3. The zero-order chi connectivity index (χ0) is 25.9. The van der Waals surface area contributed by atoms with Gasteiger partial charge < -0.3 is 9.13 Å². The summed E-state index contributed by atoms with van der Waals surface area (Å²) in [6.45, 7) is 0. The fourth-order valence-corrected chi connectivity index (χ4v) is 6.28. The maximum absolute atomic E-state index is 6.61. The van der Waals surface area contributed by atoms with E-state index in [0.717, 1.165) is 38.6 Å². The molecule has 0 amide bonds. The van der Waals surface area contributed by atoms with E-state index in [4.69, 9.17) is 11.6 Å². The SMILES string of the molecule is Clc1ccc(-c2ccccc2)c(-n2c3ccccc3c3cc(-n4c5ccccc5c5ccccc54)ccc32)c1. The van der Waals surface area contributed by atoms with Gasteiger partial charge in [-0.2, -0.15) is 0 Å². The molecule has 0 aliphatic heterocycles. The fraction of sp³-hybridized carbons (Fsp3) is 0. The van der Waals surface area contributed by atoms with Crippen LogP contribution in [0.2, 0.25) is 5.02 Å². The van der Waals surface area contributed by atoms with Gasteiger partial charge in [-0.3, -0.25) is 0 Å². The molecule has 0 saturated heterocycles. The molecule has 0 atom stereocenters. The Kier molecular flexibility index (Phi) is 4.91. The minimum absolute atomic E-state index is 0.720. The van der Waals surface area contributed by atoms with Crippen molar-refractivity contribution in [2.45, 2.75) is 0 Å². The van der Waals surface area contributed by atoms with E-state index in [-0.39, 0.29) is 0 Å². The first-order chi connectivity index (χ1) is 19.3. The molecule has 2 nitrogen and oxygen atoms in total. The van der Waals surface area contributed by atoms with Crippen molar-refractivity contribution in [1.82, 2.24) is 9.13 Å². The highest BCUT2D eigenvalue weighted by Gasteiger charge is 2.18. The molecular formula is C36H23ClN2. The van der Waals surface area contributed by atoms with Crippen LogP contribution >= 0.6 is 11.6 Å². The molecule has 0 saturated carbocycles. The van der Waals surface area contributed by atoms with Crippen LogP contribution in [0.1, 0.15) is 0 Å². The van der Waals surface area contributed by atoms with Gasteiger partial charge in [-0.15, -0.1) is 0 Å². The van der Waals surface area contributed by atoms with Crippen LogP contribution in [0.15, 0.2) is 140 Å². The van der Waals surface area contributed by atoms with Crippen LogP contribution < -0.4 is 0 Å². The molecule has 0 N–H and O–H groups in total. The molecule has 2 aromatic heterocycles. The molecule has 3 heteroatoms. The zero-order valence-electron chi connectivity index (χ0n) is 21.1. The molecule has 0 aliphatic rings. The number of benzene rings is 6. The third kappa shape index (κ3) is 3.35. The lowest BCUT2D eigenvalue weighted by atomic mass is 10.0. The van der Waals surface area contributed by atoms with Crippen LogP contribution in [0.4, 0.5) is 0 Å². The van der Waals surface area contributed by atoms with Gasteiger partial charge in [-0.05, 0) is 54.1 Å². The Morgan fingerprint density at radius 2 is 0.949 bits per heavy atom. The standard InChI is InChI=1S/C36H23ClN2/c37-25-18-20-27(24-10-2-1-3-11-24)36(22-25)39-34-17-9-6-14-30(34)31-23-26(19-21-35(31)39)38-32-15-7-4-12-28(32)29-13-5-8-16-33(29)38/h1-23H. The van der Waals surface area contributed by atoms with Crippen molar-refractivity contribution < 1.29 is 0 Å². The molecular weight excluding hydrogens is 496 g/mol. The van der Waals surface area contributed by atoms with Crippen molar-refractivity contribution in [3.63, 3.8) is 0 Å². The number of halogens is 1. The average Bonchev–Trinajstić information content (AvgIpc) is 3.50. The van der Waals surface area contributed by atoms with E-state index in [1.807, 2.05) is 6.07 Å². The second-order valence-electron chi connectivity index (χ2n) is 9.95. The quantitative estimate of drug-likeness (QED) is 0.220. The third-order valence-electron chi connectivity index (χ3n) is 7.78. The largest absolute Gasteiger partial charge is 0.309 e. The molecule has 0 spiro atoms. The molecule has 0 radical (unpaired) electrons. The lowest BCUT2D eigenvalue weighted by molar-refractivity contribution is 1.17. The van der Waals surface area contributed by atoms with Crippen molar-refractivity contribution in [1.29, 1.82) is 0 Å². The van der Waals surface area contributed by atoms with E-state index < -0.39 is 0 Å². The van der Waals surface area contributed by atoms with Crippen molar-refractivity contribution in [3.8, 4) is 22.5 Å². The molecule has 0 bridgehead atoms. The van der Waals surface area contributed by atoms with E-state index in [1.165, 1.54) is 32.6 Å². The van der Waals surface area contributed by atoms with Crippen LogP contribution in [0.3, 0.4) is 0 Å². The Morgan fingerprint density at radius 1 is 0.410 bits per heavy atom. The van der Waals surface area contributed by atoms with E-state index in [9.17, 15) is 0 Å². The minimum Gasteiger partial charge on any atom is -0.309 e. The summed E-state index contributed by atoms with van der Waals surface area (Å²) in [6, 6.07) is 49.5. The number of aromatic nitrogens is 2. The predicted molar refractivity (Wildman–Crippen MR) is 166 cm³/mol. The minimum atomic E-state index is 0.720. The average molecular weight is 519 g/mol. The third-order valence-corrected chi connectivity index (χ3v) is 8.02. The van der Waals surface area contributed by atoms with Crippen LogP contribution in [-0.4, -0.2) is 9.13 Å². The summed E-state index contributed by atoms with van der Waals surface area (Å²) in [5.74, 6) is 0. The first-order valence-corrected chi connectivity index (χ1v) is 13.5. The lowest BCUT2D eigenvalue weighted by Crippen LogP contribution is -1.98. The van der Waals surface area contributed by atoms with E-state index in [2.05, 4.69) is 143 Å². The summed E-state index contributed by atoms with van der Waals surface area (Å²) in [5, 5.41) is 5.68. The predicted octanol–water partition coefficient (Wildman–Crippen LogP) is 10.2. The summed E-state index contributed by atoms with van der Waals surface area (Å²) in [7, 11) is 0. The van der Waals surface area contributed by atoms with Crippen molar-refractivity contribution in [2.75, 3.05) is 0 Å². The van der Waals surface area contributed by atoms with Gasteiger partial charge in [-0.25, -0.2) is 0 Å². The van der Waals surface area contributed by atoms with Crippen molar-refractivity contribution in [2.24, 2.45) is 0 Å². The number of nitrogens with zero attached hydrogens (tertiary/aromatic N) is 2. The van der Waals surface area contributed by atoms with Crippen molar-refractivity contribution in [3.05, 3.63) is 145 Å². The Morgan fingerprint density at radius 3 is 1.62 bits per heavy atom. The molecule has 0 unspecified atom stereocenters. The maximum atomic E-state index is 6.61. The first kappa shape index (κ1) is 22.2. The smallest absolute Gasteiger partial charge is 0.0555 e. The molecule has 8 rings (SSSR count). The highest BCUT2D eigenvalue weighted by atomic mass is 35.5.